The van der Waals surface area contributed by atoms with E-state index in [1.807, 2.05) is 29.2 Å². The highest BCUT2D eigenvalue weighted by atomic mass is 16.5. The van der Waals surface area contributed by atoms with Crippen molar-refractivity contribution in [2.45, 2.75) is 38.5 Å². The fourth-order valence-corrected chi connectivity index (χ4v) is 2.63. The van der Waals surface area contributed by atoms with Crippen LogP contribution in [-0.2, 0) is 11.3 Å². The van der Waals surface area contributed by atoms with Gasteiger partial charge in [-0.2, -0.15) is 5.10 Å². The quantitative estimate of drug-likeness (QED) is 0.887. The second kappa shape index (κ2) is 6.18. The molecule has 3 rings (SSSR count). The summed E-state index contributed by atoms with van der Waals surface area (Å²) in [6.07, 6.45) is 6.42. The van der Waals surface area contributed by atoms with Crippen molar-refractivity contribution in [3.63, 3.8) is 0 Å². The number of aromatic hydroxyl groups is 1. The fourth-order valence-electron chi connectivity index (χ4n) is 2.63. The van der Waals surface area contributed by atoms with Crippen molar-refractivity contribution in [3.05, 3.63) is 42.2 Å². The molecule has 5 heteroatoms. The zero-order chi connectivity index (χ0) is 14.7. The lowest BCUT2D eigenvalue weighted by Gasteiger charge is -2.14. The average molecular weight is 287 g/mol. The van der Waals surface area contributed by atoms with Gasteiger partial charge in [0.05, 0.1) is 24.5 Å². The molecule has 1 aromatic heterocycles. The Bertz CT molecular complexity index is 573. The molecule has 2 atom stereocenters. The smallest absolute Gasteiger partial charge is 0.115 e. The van der Waals surface area contributed by atoms with Gasteiger partial charge in [0.15, 0.2) is 0 Å². The predicted molar refractivity (Wildman–Crippen MR) is 81.3 cm³/mol. The monoisotopic (exact) mass is 287 g/mol. The molecule has 2 heterocycles. The molecule has 0 saturated carbocycles. The van der Waals surface area contributed by atoms with E-state index < -0.39 is 0 Å². The largest absolute Gasteiger partial charge is 0.508 e. The number of hydrogen-bond donors (Lipinski definition) is 2. The summed E-state index contributed by atoms with van der Waals surface area (Å²) >= 11 is 0. The van der Waals surface area contributed by atoms with E-state index in [-0.39, 0.29) is 11.8 Å². The van der Waals surface area contributed by atoms with Crippen molar-refractivity contribution in [3.8, 4) is 5.75 Å². The average Bonchev–Trinajstić information content (AvgIpc) is 3.12. The summed E-state index contributed by atoms with van der Waals surface area (Å²) in [6, 6.07) is 7.40. The number of rotatable bonds is 5. The number of nitrogens with zero attached hydrogens (tertiary/aromatic N) is 2. The van der Waals surface area contributed by atoms with Crippen LogP contribution in [0, 0.1) is 0 Å². The maximum atomic E-state index is 9.32. The fraction of sp³-hybridized carbons (Fsp3) is 0.438. The Balaban J connectivity index is 1.59. The molecular formula is C16H21N3O2. The molecule has 0 bridgehead atoms. The molecule has 2 N–H and O–H groups in total. The highest BCUT2D eigenvalue weighted by Gasteiger charge is 2.16. The lowest BCUT2D eigenvalue weighted by Crippen LogP contribution is -2.15. The summed E-state index contributed by atoms with van der Waals surface area (Å²) in [5.74, 6) is 0.287. The highest BCUT2D eigenvalue weighted by Crippen LogP contribution is 2.21. The maximum absolute atomic E-state index is 9.32. The molecule has 2 unspecified atom stereocenters. The van der Waals surface area contributed by atoms with Crippen LogP contribution in [0.2, 0.25) is 0 Å². The molecule has 1 aliphatic heterocycles. The Labute approximate surface area is 124 Å². The summed E-state index contributed by atoms with van der Waals surface area (Å²) in [4.78, 5) is 0. The molecular weight excluding hydrogens is 266 g/mol. The van der Waals surface area contributed by atoms with E-state index in [4.69, 9.17) is 4.74 Å². The highest BCUT2D eigenvalue weighted by molar-refractivity contribution is 5.42. The van der Waals surface area contributed by atoms with E-state index in [1.54, 1.807) is 12.1 Å². The number of anilines is 1. The van der Waals surface area contributed by atoms with Crippen LogP contribution >= 0.6 is 0 Å². The Hall–Kier alpha value is -2.01. The number of phenols is 1. The SMILES string of the molecule is CC(Nc1cnn(CC2CCCO2)c1)c1ccc(O)cc1. The minimum atomic E-state index is 0.158. The molecule has 112 valence electrons. The van der Waals surface area contributed by atoms with Gasteiger partial charge in [0, 0.05) is 18.8 Å². The molecule has 0 radical (unpaired) electrons. The number of benzene rings is 1. The molecule has 1 fully saturated rings. The summed E-state index contributed by atoms with van der Waals surface area (Å²) in [7, 11) is 0. The second-order valence-corrected chi connectivity index (χ2v) is 5.54. The number of nitrogens with one attached hydrogen (secondary N) is 1. The van der Waals surface area contributed by atoms with Gasteiger partial charge >= 0.3 is 0 Å². The number of ether oxygens (including phenoxy) is 1. The second-order valence-electron chi connectivity index (χ2n) is 5.54. The van der Waals surface area contributed by atoms with Crippen LogP contribution in [0.25, 0.3) is 0 Å². The van der Waals surface area contributed by atoms with Crippen LogP contribution < -0.4 is 5.32 Å². The van der Waals surface area contributed by atoms with Crippen molar-refractivity contribution >= 4 is 5.69 Å². The van der Waals surface area contributed by atoms with E-state index in [9.17, 15) is 5.11 Å². The molecule has 1 aromatic carbocycles. The molecule has 1 saturated heterocycles. The van der Waals surface area contributed by atoms with Gasteiger partial charge < -0.3 is 15.2 Å². The molecule has 5 nitrogen and oxygen atoms in total. The Morgan fingerprint density at radius 1 is 1.43 bits per heavy atom. The predicted octanol–water partition coefficient (Wildman–Crippen LogP) is 2.94. The van der Waals surface area contributed by atoms with Crippen LogP contribution in [0.1, 0.15) is 31.4 Å². The molecule has 21 heavy (non-hydrogen) atoms. The number of aromatic nitrogens is 2. The van der Waals surface area contributed by atoms with Crippen LogP contribution in [0.15, 0.2) is 36.7 Å². The van der Waals surface area contributed by atoms with Crippen LogP contribution in [0.5, 0.6) is 5.75 Å². The third-order valence-electron chi connectivity index (χ3n) is 3.82. The summed E-state index contributed by atoms with van der Waals surface area (Å²) in [5, 5.41) is 17.1. The van der Waals surface area contributed by atoms with Gasteiger partial charge in [0.1, 0.15) is 5.75 Å². The Kier molecular flexibility index (Phi) is 4.10. The van der Waals surface area contributed by atoms with Gasteiger partial charge in [-0.05, 0) is 37.5 Å². The third-order valence-corrected chi connectivity index (χ3v) is 3.82. The van der Waals surface area contributed by atoms with Crippen molar-refractivity contribution in [2.75, 3.05) is 11.9 Å². The van der Waals surface area contributed by atoms with E-state index >= 15 is 0 Å². The van der Waals surface area contributed by atoms with Gasteiger partial charge in [-0.25, -0.2) is 0 Å². The maximum Gasteiger partial charge on any atom is 0.115 e. The Morgan fingerprint density at radius 3 is 2.95 bits per heavy atom. The number of phenolic OH excluding ortho intramolecular Hbond substituents is 1. The lowest BCUT2D eigenvalue weighted by atomic mass is 10.1. The lowest BCUT2D eigenvalue weighted by molar-refractivity contribution is 0.0940. The molecule has 0 aliphatic carbocycles. The van der Waals surface area contributed by atoms with E-state index in [1.165, 1.54) is 0 Å². The van der Waals surface area contributed by atoms with Gasteiger partial charge in [-0.3, -0.25) is 4.68 Å². The van der Waals surface area contributed by atoms with Gasteiger partial charge in [0.25, 0.3) is 0 Å². The minimum Gasteiger partial charge on any atom is -0.508 e. The topological polar surface area (TPSA) is 59.3 Å². The molecule has 0 amide bonds. The van der Waals surface area contributed by atoms with E-state index in [2.05, 4.69) is 17.3 Å². The van der Waals surface area contributed by atoms with E-state index in [0.717, 1.165) is 37.2 Å². The zero-order valence-corrected chi connectivity index (χ0v) is 12.2. The van der Waals surface area contributed by atoms with Crippen molar-refractivity contribution < 1.29 is 9.84 Å². The van der Waals surface area contributed by atoms with Gasteiger partial charge in [-0.1, -0.05) is 12.1 Å². The van der Waals surface area contributed by atoms with Crippen molar-refractivity contribution in [1.29, 1.82) is 0 Å². The van der Waals surface area contributed by atoms with Gasteiger partial charge in [-0.15, -0.1) is 0 Å². The molecule has 2 aromatic rings. The summed E-state index contributed by atoms with van der Waals surface area (Å²) in [6.45, 7) is 3.77. The first-order valence-electron chi connectivity index (χ1n) is 7.40. The van der Waals surface area contributed by atoms with Crippen molar-refractivity contribution in [1.82, 2.24) is 9.78 Å². The molecule has 0 spiro atoms. The van der Waals surface area contributed by atoms with Crippen LogP contribution in [0.3, 0.4) is 0 Å². The first-order valence-corrected chi connectivity index (χ1v) is 7.40. The summed E-state index contributed by atoms with van der Waals surface area (Å²) in [5.41, 5.74) is 2.12. The van der Waals surface area contributed by atoms with Crippen LogP contribution in [0.4, 0.5) is 5.69 Å². The van der Waals surface area contributed by atoms with Crippen LogP contribution in [-0.4, -0.2) is 27.6 Å². The van der Waals surface area contributed by atoms with Crippen molar-refractivity contribution in [2.24, 2.45) is 0 Å². The number of hydrogen-bond acceptors (Lipinski definition) is 4. The van der Waals surface area contributed by atoms with E-state index in [0.29, 0.717) is 6.10 Å². The normalized spacial score (nSPS) is 19.6. The summed E-state index contributed by atoms with van der Waals surface area (Å²) < 4.78 is 7.56. The molecule has 1 aliphatic rings. The standard InChI is InChI=1S/C16H21N3O2/c1-12(13-4-6-15(20)7-5-13)18-14-9-17-19(10-14)11-16-3-2-8-21-16/h4-7,9-10,12,16,18,20H,2-3,8,11H2,1H3. The first-order chi connectivity index (χ1) is 10.2. The first kappa shape index (κ1) is 13.9. The third kappa shape index (κ3) is 3.55. The minimum absolute atomic E-state index is 0.158. The van der Waals surface area contributed by atoms with Gasteiger partial charge in [0.2, 0.25) is 0 Å². The zero-order valence-electron chi connectivity index (χ0n) is 12.2. The Morgan fingerprint density at radius 2 is 2.24 bits per heavy atom.